The van der Waals surface area contributed by atoms with E-state index in [1.165, 1.54) is 16.7 Å². The van der Waals surface area contributed by atoms with Crippen LogP contribution >= 0.6 is 0 Å². The molecule has 0 amide bonds. The molecule has 0 aromatic heterocycles. The lowest BCUT2D eigenvalue weighted by atomic mass is 9.76. The fourth-order valence-electron chi connectivity index (χ4n) is 3.25. The number of benzene rings is 1. The number of ether oxygens (including phenoxy) is 1. The van der Waals surface area contributed by atoms with Gasteiger partial charge in [0.25, 0.3) is 0 Å². The molecule has 0 heterocycles. The summed E-state index contributed by atoms with van der Waals surface area (Å²) in [5.74, 6) is 1.02. The minimum Gasteiger partial charge on any atom is -0.496 e. The summed E-state index contributed by atoms with van der Waals surface area (Å²) < 4.78 is 5.61. The van der Waals surface area contributed by atoms with Crippen LogP contribution in [0.25, 0.3) is 0 Å². The third-order valence-electron chi connectivity index (χ3n) is 3.71. The number of methoxy groups -OCH3 is 1. The maximum Gasteiger partial charge on any atom is 0.123 e. The molecule has 0 aliphatic rings. The Kier molecular flexibility index (Phi) is 5.42. The van der Waals surface area contributed by atoms with Crippen LogP contribution in [0.15, 0.2) is 12.1 Å². The van der Waals surface area contributed by atoms with Gasteiger partial charge in [0.1, 0.15) is 5.75 Å². The molecule has 0 spiro atoms. The summed E-state index contributed by atoms with van der Waals surface area (Å²) in [6, 6.07) is 4.89. The summed E-state index contributed by atoms with van der Waals surface area (Å²) in [5, 5.41) is 3.50. The van der Waals surface area contributed by atoms with Gasteiger partial charge in [-0.1, -0.05) is 26.8 Å². The standard InChI is InChI=1S/C17H29NO/c1-8-18-14(4)11-17(5,6)16-13(3)9-12(2)10-15(16)19-7/h9-10,14,18H,8,11H2,1-7H3. The highest BCUT2D eigenvalue weighted by atomic mass is 16.5. The van der Waals surface area contributed by atoms with E-state index in [-0.39, 0.29) is 5.41 Å². The molecule has 1 aromatic carbocycles. The molecular formula is C17H29NO. The van der Waals surface area contributed by atoms with E-state index in [1.807, 2.05) is 0 Å². The van der Waals surface area contributed by atoms with E-state index < -0.39 is 0 Å². The first-order valence-electron chi connectivity index (χ1n) is 7.21. The maximum atomic E-state index is 5.61. The van der Waals surface area contributed by atoms with Crippen LogP contribution in [0.4, 0.5) is 0 Å². The summed E-state index contributed by atoms with van der Waals surface area (Å²) >= 11 is 0. The Hall–Kier alpha value is -1.02. The van der Waals surface area contributed by atoms with Crippen molar-refractivity contribution >= 4 is 0 Å². The molecule has 0 bridgehead atoms. The minimum atomic E-state index is 0.102. The van der Waals surface area contributed by atoms with Crippen LogP contribution in [0.3, 0.4) is 0 Å². The Labute approximate surface area is 118 Å². The van der Waals surface area contributed by atoms with Crippen molar-refractivity contribution in [2.75, 3.05) is 13.7 Å². The molecule has 1 N–H and O–H groups in total. The van der Waals surface area contributed by atoms with Gasteiger partial charge in [0.05, 0.1) is 7.11 Å². The van der Waals surface area contributed by atoms with Crippen molar-refractivity contribution in [1.29, 1.82) is 0 Å². The van der Waals surface area contributed by atoms with Gasteiger partial charge in [0.15, 0.2) is 0 Å². The van der Waals surface area contributed by atoms with E-state index in [1.54, 1.807) is 7.11 Å². The second kappa shape index (κ2) is 6.42. The molecule has 2 nitrogen and oxygen atoms in total. The van der Waals surface area contributed by atoms with Crippen molar-refractivity contribution in [3.05, 3.63) is 28.8 Å². The van der Waals surface area contributed by atoms with E-state index >= 15 is 0 Å². The van der Waals surface area contributed by atoms with Gasteiger partial charge in [-0.25, -0.2) is 0 Å². The average molecular weight is 263 g/mol. The molecule has 0 fully saturated rings. The van der Waals surface area contributed by atoms with Gasteiger partial charge in [0.2, 0.25) is 0 Å². The van der Waals surface area contributed by atoms with Gasteiger partial charge in [-0.3, -0.25) is 0 Å². The lowest BCUT2D eigenvalue weighted by Crippen LogP contribution is -2.33. The number of hydrogen-bond acceptors (Lipinski definition) is 2. The van der Waals surface area contributed by atoms with Crippen molar-refractivity contribution in [2.45, 2.75) is 59.4 Å². The summed E-state index contributed by atoms with van der Waals surface area (Å²) in [6.45, 7) is 14.3. The second-order valence-electron chi connectivity index (χ2n) is 6.21. The highest BCUT2D eigenvalue weighted by Gasteiger charge is 2.28. The Morgan fingerprint density at radius 2 is 1.89 bits per heavy atom. The van der Waals surface area contributed by atoms with Crippen molar-refractivity contribution in [3.63, 3.8) is 0 Å². The van der Waals surface area contributed by atoms with Gasteiger partial charge < -0.3 is 10.1 Å². The first kappa shape index (κ1) is 16.0. The summed E-state index contributed by atoms with van der Waals surface area (Å²) in [6.07, 6.45) is 1.10. The first-order chi connectivity index (χ1) is 8.81. The Morgan fingerprint density at radius 3 is 2.42 bits per heavy atom. The minimum absolute atomic E-state index is 0.102. The molecule has 0 saturated carbocycles. The van der Waals surface area contributed by atoms with Gasteiger partial charge >= 0.3 is 0 Å². The first-order valence-corrected chi connectivity index (χ1v) is 7.21. The van der Waals surface area contributed by atoms with Gasteiger partial charge in [-0.2, -0.15) is 0 Å². The van der Waals surface area contributed by atoms with E-state index in [4.69, 9.17) is 4.74 Å². The second-order valence-corrected chi connectivity index (χ2v) is 6.21. The third-order valence-corrected chi connectivity index (χ3v) is 3.71. The molecule has 0 radical (unpaired) electrons. The summed E-state index contributed by atoms with van der Waals surface area (Å²) in [7, 11) is 1.77. The van der Waals surface area contributed by atoms with Crippen LogP contribution in [-0.2, 0) is 5.41 Å². The molecular weight excluding hydrogens is 234 g/mol. The van der Waals surface area contributed by atoms with E-state index in [0.29, 0.717) is 6.04 Å². The molecule has 1 rings (SSSR count). The topological polar surface area (TPSA) is 21.3 Å². The van der Waals surface area contributed by atoms with Crippen molar-refractivity contribution in [3.8, 4) is 5.75 Å². The van der Waals surface area contributed by atoms with Crippen molar-refractivity contribution in [1.82, 2.24) is 5.32 Å². The van der Waals surface area contributed by atoms with Gasteiger partial charge in [0, 0.05) is 11.6 Å². The quantitative estimate of drug-likeness (QED) is 0.838. The third kappa shape index (κ3) is 3.97. The van der Waals surface area contributed by atoms with Crippen molar-refractivity contribution < 1.29 is 4.74 Å². The largest absolute Gasteiger partial charge is 0.496 e. The average Bonchev–Trinajstić information content (AvgIpc) is 2.26. The molecule has 0 aliphatic carbocycles. The highest BCUT2D eigenvalue weighted by Crippen LogP contribution is 2.38. The Bertz CT molecular complexity index is 424. The molecule has 1 atom stereocenters. The normalized spacial score (nSPS) is 13.4. The molecule has 0 aliphatic heterocycles. The van der Waals surface area contributed by atoms with Crippen LogP contribution in [-0.4, -0.2) is 19.7 Å². The van der Waals surface area contributed by atoms with Crippen LogP contribution < -0.4 is 10.1 Å². The van der Waals surface area contributed by atoms with Crippen LogP contribution in [0.5, 0.6) is 5.75 Å². The zero-order chi connectivity index (χ0) is 14.6. The zero-order valence-electron chi connectivity index (χ0n) is 13.6. The molecule has 1 unspecified atom stereocenters. The number of nitrogens with one attached hydrogen (secondary N) is 1. The molecule has 2 heteroatoms. The lowest BCUT2D eigenvalue weighted by Gasteiger charge is -2.32. The predicted molar refractivity (Wildman–Crippen MR) is 83.2 cm³/mol. The summed E-state index contributed by atoms with van der Waals surface area (Å²) in [4.78, 5) is 0. The Morgan fingerprint density at radius 1 is 1.26 bits per heavy atom. The smallest absolute Gasteiger partial charge is 0.123 e. The number of rotatable bonds is 6. The van der Waals surface area contributed by atoms with E-state index in [2.05, 4.69) is 59.0 Å². The summed E-state index contributed by atoms with van der Waals surface area (Å²) in [5.41, 5.74) is 4.02. The monoisotopic (exact) mass is 263 g/mol. The lowest BCUT2D eigenvalue weighted by molar-refractivity contribution is 0.359. The Balaban J connectivity index is 3.12. The molecule has 1 aromatic rings. The predicted octanol–water partition coefficient (Wildman–Crippen LogP) is 3.98. The zero-order valence-corrected chi connectivity index (χ0v) is 13.6. The van der Waals surface area contributed by atoms with Crippen LogP contribution in [0.2, 0.25) is 0 Å². The molecule has 108 valence electrons. The fraction of sp³-hybridized carbons (Fsp3) is 0.647. The maximum absolute atomic E-state index is 5.61. The van der Waals surface area contributed by atoms with Crippen LogP contribution in [0.1, 0.15) is 50.8 Å². The fourth-order valence-corrected chi connectivity index (χ4v) is 3.25. The van der Waals surface area contributed by atoms with E-state index in [9.17, 15) is 0 Å². The van der Waals surface area contributed by atoms with Gasteiger partial charge in [-0.05, 0) is 56.3 Å². The number of aryl methyl sites for hydroxylation is 2. The molecule has 19 heavy (non-hydrogen) atoms. The molecule has 0 saturated heterocycles. The highest BCUT2D eigenvalue weighted by molar-refractivity contribution is 5.47. The SMILES string of the molecule is CCNC(C)CC(C)(C)c1c(C)cc(C)cc1OC. The van der Waals surface area contributed by atoms with Crippen molar-refractivity contribution in [2.24, 2.45) is 0 Å². The van der Waals surface area contributed by atoms with Gasteiger partial charge in [-0.15, -0.1) is 0 Å². The number of hydrogen-bond donors (Lipinski definition) is 1. The van der Waals surface area contributed by atoms with E-state index in [0.717, 1.165) is 18.7 Å². The van der Waals surface area contributed by atoms with Crippen LogP contribution in [0, 0.1) is 13.8 Å².